The quantitative estimate of drug-likeness (QED) is 0.464. The number of nitrogens with one attached hydrogen (secondary N) is 2. The minimum Gasteiger partial charge on any atom is -0.459 e. The molecule has 142 valence electrons. The van der Waals surface area contributed by atoms with Gasteiger partial charge < -0.3 is 9.73 Å². The van der Waals surface area contributed by atoms with Crippen LogP contribution < -0.4 is 10.6 Å². The Hall–Kier alpha value is -2.89. The molecule has 4 aromatic rings. The van der Waals surface area contributed by atoms with Crippen LogP contribution in [0.1, 0.15) is 35.2 Å². The average molecular weight is 391 g/mol. The molecule has 0 bridgehead atoms. The number of para-hydroxylation sites is 1. The van der Waals surface area contributed by atoms with Crippen LogP contribution >= 0.6 is 11.3 Å². The number of carbonyl (C=O) groups is 1. The van der Waals surface area contributed by atoms with Gasteiger partial charge in [0.25, 0.3) is 0 Å². The summed E-state index contributed by atoms with van der Waals surface area (Å²) in [5.41, 5.74) is 1.97. The van der Waals surface area contributed by atoms with Crippen molar-refractivity contribution in [2.45, 2.75) is 19.0 Å². The van der Waals surface area contributed by atoms with Crippen molar-refractivity contribution in [3.05, 3.63) is 94.4 Å². The van der Waals surface area contributed by atoms with E-state index in [2.05, 4.69) is 34.2 Å². The van der Waals surface area contributed by atoms with E-state index < -0.39 is 0 Å². The van der Waals surface area contributed by atoms with Gasteiger partial charge in [-0.3, -0.25) is 10.1 Å². The van der Waals surface area contributed by atoms with Gasteiger partial charge in [-0.25, -0.2) is 0 Å². The summed E-state index contributed by atoms with van der Waals surface area (Å²) in [6.07, 6.45) is 0. The Labute approximate surface area is 168 Å². The van der Waals surface area contributed by atoms with Crippen LogP contribution in [0.5, 0.6) is 0 Å². The third-order valence-corrected chi connectivity index (χ3v) is 5.61. The van der Waals surface area contributed by atoms with Crippen LogP contribution in [0.25, 0.3) is 11.0 Å². The van der Waals surface area contributed by atoms with Crippen molar-refractivity contribution in [1.29, 1.82) is 0 Å². The molecule has 2 aromatic carbocycles. The van der Waals surface area contributed by atoms with E-state index in [-0.39, 0.29) is 24.5 Å². The highest BCUT2D eigenvalue weighted by Crippen LogP contribution is 2.26. The van der Waals surface area contributed by atoms with Crippen LogP contribution in [0.15, 0.2) is 82.6 Å². The van der Waals surface area contributed by atoms with Crippen LogP contribution in [0.2, 0.25) is 0 Å². The number of fused-ring (bicyclic) bond motifs is 1. The van der Waals surface area contributed by atoms with Crippen molar-refractivity contribution in [1.82, 2.24) is 10.6 Å². The Kier molecular flexibility index (Phi) is 5.55. The third-order valence-electron chi connectivity index (χ3n) is 4.68. The van der Waals surface area contributed by atoms with Gasteiger partial charge in [-0.15, -0.1) is 11.3 Å². The fourth-order valence-corrected chi connectivity index (χ4v) is 4.08. The highest BCUT2D eigenvalue weighted by atomic mass is 32.1. The summed E-state index contributed by atoms with van der Waals surface area (Å²) in [5, 5.41) is 9.50. The van der Waals surface area contributed by atoms with E-state index in [1.165, 1.54) is 4.88 Å². The van der Waals surface area contributed by atoms with E-state index in [0.29, 0.717) is 0 Å². The molecule has 0 radical (unpaired) electrons. The maximum Gasteiger partial charge on any atom is 0.234 e. The molecule has 0 unspecified atom stereocenters. The first-order chi connectivity index (χ1) is 13.7. The molecule has 2 aromatic heterocycles. The third kappa shape index (κ3) is 4.16. The molecule has 1 amide bonds. The molecule has 0 saturated carbocycles. The number of hydrogen-bond donors (Lipinski definition) is 2. The second kappa shape index (κ2) is 8.42. The molecular weight excluding hydrogens is 368 g/mol. The fourth-order valence-electron chi connectivity index (χ4n) is 3.26. The van der Waals surface area contributed by atoms with E-state index in [1.54, 1.807) is 11.3 Å². The molecule has 0 aliphatic carbocycles. The van der Waals surface area contributed by atoms with Crippen molar-refractivity contribution in [2.75, 3.05) is 6.54 Å². The molecule has 5 heteroatoms. The summed E-state index contributed by atoms with van der Waals surface area (Å²) in [4.78, 5) is 13.7. The molecule has 2 atom stereocenters. The second-order valence-electron chi connectivity index (χ2n) is 6.72. The van der Waals surface area contributed by atoms with Crippen molar-refractivity contribution in [2.24, 2.45) is 0 Å². The Morgan fingerprint density at radius 1 is 1.04 bits per heavy atom. The van der Waals surface area contributed by atoms with Gasteiger partial charge in [-0.05, 0) is 36.1 Å². The van der Waals surface area contributed by atoms with Gasteiger partial charge in [0, 0.05) is 10.3 Å². The van der Waals surface area contributed by atoms with Crippen LogP contribution in [-0.4, -0.2) is 12.5 Å². The molecular formula is C23H22N2O2S. The molecule has 28 heavy (non-hydrogen) atoms. The number of rotatable bonds is 7. The first-order valence-electron chi connectivity index (χ1n) is 9.30. The number of benzene rings is 2. The maximum absolute atomic E-state index is 12.5. The summed E-state index contributed by atoms with van der Waals surface area (Å²) in [6.45, 7) is 2.16. The van der Waals surface area contributed by atoms with Gasteiger partial charge in [-0.2, -0.15) is 0 Å². The number of amides is 1. The lowest BCUT2D eigenvalue weighted by Gasteiger charge is -2.19. The molecule has 4 nitrogen and oxygen atoms in total. The van der Waals surface area contributed by atoms with Gasteiger partial charge >= 0.3 is 0 Å². The Balaban J connectivity index is 1.41. The minimum absolute atomic E-state index is 0.00606. The first-order valence-corrected chi connectivity index (χ1v) is 10.2. The Morgan fingerprint density at radius 3 is 2.57 bits per heavy atom. The molecule has 2 heterocycles. The normalized spacial score (nSPS) is 13.3. The number of carbonyl (C=O) groups excluding carboxylic acids is 1. The van der Waals surface area contributed by atoms with E-state index in [9.17, 15) is 4.79 Å². The lowest BCUT2D eigenvalue weighted by Crippen LogP contribution is -2.37. The molecule has 4 rings (SSSR count). The highest BCUT2D eigenvalue weighted by molar-refractivity contribution is 7.10. The van der Waals surface area contributed by atoms with Crippen LogP contribution in [0.3, 0.4) is 0 Å². The molecule has 2 N–H and O–H groups in total. The number of hydrogen-bond acceptors (Lipinski definition) is 4. The second-order valence-corrected chi connectivity index (χ2v) is 7.70. The van der Waals surface area contributed by atoms with Gasteiger partial charge in [0.05, 0.1) is 18.6 Å². The minimum atomic E-state index is -0.196. The van der Waals surface area contributed by atoms with Crippen molar-refractivity contribution in [3.8, 4) is 0 Å². The Bertz CT molecular complexity index is 1010. The SMILES string of the molecule is C[C@H](NC(=O)CN[C@@H](c1ccccc1)c1cccs1)c1cc2ccccc2o1. The summed E-state index contributed by atoms with van der Waals surface area (Å²) >= 11 is 1.68. The van der Waals surface area contributed by atoms with Crippen molar-refractivity contribution < 1.29 is 9.21 Å². The van der Waals surface area contributed by atoms with Gasteiger partial charge in [-0.1, -0.05) is 54.6 Å². The zero-order chi connectivity index (χ0) is 19.3. The highest BCUT2D eigenvalue weighted by Gasteiger charge is 2.18. The van der Waals surface area contributed by atoms with Crippen LogP contribution in [0, 0.1) is 0 Å². The van der Waals surface area contributed by atoms with Gasteiger partial charge in [0.2, 0.25) is 5.91 Å². The average Bonchev–Trinajstić information content (AvgIpc) is 3.39. The van der Waals surface area contributed by atoms with Crippen LogP contribution in [-0.2, 0) is 4.79 Å². The standard InChI is InChI=1S/C23H22N2O2S/c1-16(20-14-18-10-5-6-11-19(18)27-20)25-22(26)15-24-23(21-12-7-13-28-21)17-8-3-2-4-9-17/h2-14,16,23-24H,15H2,1H3,(H,25,26)/t16-,23-/m0/s1. The smallest absolute Gasteiger partial charge is 0.234 e. The zero-order valence-electron chi connectivity index (χ0n) is 15.6. The van der Waals surface area contributed by atoms with E-state index in [0.717, 1.165) is 22.3 Å². The lowest BCUT2D eigenvalue weighted by molar-refractivity contribution is -0.121. The van der Waals surface area contributed by atoms with Crippen molar-refractivity contribution >= 4 is 28.2 Å². The molecule has 0 spiro atoms. The number of thiophene rings is 1. The monoisotopic (exact) mass is 390 g/mol. The maximum atomic E-state index is 12.5. The molecule has 0 fully saturated rings. The van der Waals surface area contributed by atoms with Crippen molar-refractivity contribution in [3.63, 3.8) is 0 Å². The van der Waals surface area contributed by atoms with Gasteiger partial charge in [0.1, 0.15) is 11.3 Å². The topological polar surface area (TPSA) is 54.3 Å². The van der Waals surface area contributed by atoms with Gasteiger partial charge in [0.15, 0.2) is 0 Å². The summed E-state index contributed by atoms with van der Waals surface area (Å²) in [5.74, 6) is 0.692. The predicted octanol–water partition coefficient (Wildman–Crippen LogP) is 5.05. The molecule has 0 aliphatic rings. The molecule has 0 aliphatic heterocycles. The summed E-state index contributed by atoms with van der Waals surface area (Å²) < 4.78 is 5.85. The number of furan rings is 1. The first kappa shape index (κ1) is 18.5. The zero-order valence-corrected chi connectivity index (χ0v) is 16.4. The predicted molar refractivity (Wildman–Crippen MR) is 113 cm³/mol. The van der Waals surface area contributed by atoms with Crippen LogP contribution in [0.4, 0.5) is 0 Å². The summed E-state index contributed by atoms with van der Waals surface area (Å²) in [6, 6.07) is 23.9. The fraction of sp³-hybridized carbons (Fsp3) is 0.174. The van der Waals surface area contributed by atoms with E-state index >= 15 is 0 Å². The Morgan fingerprint density at radius 2 is 1.82 bits per heavy atom. The van der Waals surface area contributed by atoms with E-state index in [1.807, 2.05) is 61.5 Å². The largest absolute Gasteiger partial charge is 0.459 e. The summed E-state index contributed by atoms with van der Waals surface area (Å²) in [7, 11) is 0. The molecule has 0 saturated heterocycles. The van der Waals surface area contributed by atoms with E-state index in [4.69, 9.17) is 4.42 Å². The lowest BCUT2D eigenvalue weighted by atomic mass is 10.1.